The Labute approximate surface area is 77.4 Å². The molecule has 0 radical (unpaired) electrons. The van der Waals surface area contributed by atoms with Crippen molar-refractivity contribution in [2.75, 3.05) is 18.5 Å². The van der Waals surface area contributed by atoms with E-state index >= 15 is 0 Å². The molecule has 0 aliphatic heterocycles. The third-order valence-electron chi connectivity index (χ3n) is 1.88. The lowest BCUT2D eigenvalue weighted by molar-refractivity contribution is 0.311. The molecular weight excluding hydrogens is 169 g/mol. The van der Waals surface area contributed by atoms with Crippen LogP contribution in [0.5, 0.6) is 0 Å². The van der Waals surface area contributed by atoms with Crippen molar-refractivity contribution in [3.8, 4) is 0 Å². The molecule has 72 valence electrons. The van der Waals surface area contributed by atoms with Gasteiger partial charge in [-0.2, -0.15) is 0 Å². The quantitative estimate of drug-likeness (QED) is 0.749. The summed E-state index contributed by atoms with van der Waals surface area (Å²) in [7, 11) is 0. The fourth-order valence-electron chi connectivity index (χ4n) is 1.25. The maximum absolute atomic E-state index is 13.2. The average molecular weight is 183 g/mol. The maximum Gasteiger partial charge on any atom is 0.129 e. The number of nitrogens with one attached hydrogen (secondary N) is 1. The predicted octanol–water partition coefficient (Wildman–Crippen LogP) is 1.85. The Morgan fingerprint density at radius 1 is 1.31 bits per heavy atom. The van der Waals surface area contributed by atoms with Crippen LogP contribution in [0.1, 0.15) is 11.1 Å². The summed E-state index contributed by atoms with van der Waals surface area (Å²) in [5, 5.41) is 11.6. The van der Waals surface area contributed by atoms with Crippen LogP contribution in [0.15, 0.2) is 12.1 Å². The van der Waals surface area contributed by atoms with Crippen LogP contribution in [0.4, 0.5) is 10.1 Å². The van der Waals surface area contributed by atoms with E-state index in [1.807, 2.05) is 0 Å². The summed E-state index contributed by atoms with van der Waals surface area (Å²) < 4.78 is 13.2. The zero-order valence-corrected chi connectivity index (χ0v) is 7.89. The second-order valence-corrected chi connectivity index (χ2v) is 3.07. The molecule has 0 amide bonds. The molecule has 0 heterocycles. The topological polar surface area (TPSA) is 32.3 Å². The standard InChI is InChI=1S/C10H14FNO/c1-7-5-9(12-3-4-13)6-8(2)10(7)11/h5-6,12-13H,3-4H2,1-2H3. The largest absolute Gasteiger partial charge is 0.395 e. The van der Waals surface area contributed by atoms with Crippen molar-refractivity contribution in [1.82, 2.24) is 0 Å². The summed E-state index contributed by atoms with van der Waals surface area (Å²) in [5.74, 6) is -0.158. The lowest BCUT2D eigenvalue weighted by Gasteiger charge is -2.08. The van der Waals surface area contributed by atoms with Crippen LogP contribution >= 0.6 is 0 Å². The van der Waals surface area contributed by atoms with Crippen LogP contribution < -0.4 is 5.32 Å². The predicted molar refractivity (Wildman–Crippen MR) is 51.4 cm³/mol. The molecule has 0 saturated carbocycles. The molecule has 2 N–H and O–H groups in total. The summed E-state index contributed by atoms with van der Waals surface area (Å²) in [4.78, 5) is 0. The van der Waals surface area contributed by atoms with Gasteiger partial charge in [0.1, 0.15) is 5.82 Å². The lowest BCUT2D eigenvalue weighted by Crippen LogP contribution is -2.06. The van der Waals surface area contributed by atoms with E-state index in [0.29, 0.717) is 17.7 Å². The van der Waals surface area contributed by atoms with E-state index in [2.05, 4.69) is 5.32 Å². The molecule has 1 aromatic carbocycles. The van der Waals surface area contributed by atoms with Gasteiger partial charge in [0.15, 0.2) is 0 Å². The fourth-order valence-corrected chi connectivity index (χ4v) is 1.25. The number of hydrogen-bond donors (Lipinski definition) is 2. The van der Waals surface area contributed by atoms with Gasteiger partial charge in [0.05, 0.1) is 6.61 Å². The first-order chi connectivity index (χ1) is 6.15. The molecule has 0 aliphatic rings. The highest BCUT2D eigenvalue weighted by Crippen LogP contribution is 2.17. The lowest BCUT2D eigenvalue weighted by atomic mass is 10.1. The molecule has 0 aromatic heterocycles. The molecule has 0 bridgehead atoms. The van der Waals surface area contributed by atoms with Gasteiger partial charge in [-0.25, -0.2) is 4.39 Å². The van der Waals surface area contributed by atoms with Gasteiger partial charge in [-0.15, -0.1) is 0 Å². The van der Waals surface area contributed by atoms with Gasteiger partial charge >= 0.3 is 0 Å². The molecule has 0 spiro atoms. The van der Waals surface area contributed by atoms with Crippen LogP contribution in [0.3, 0.4) is 0 Å². The number of aryl methyl sites for hydroxylation is 2. The minimum atomic E-state index is -0.158. The van der Waals surface area contributed by atoms with E-state index in [4.69, 9.17) is 5.11 Å². The Morgan fingerprint density at radius 3 is 2.31 bits per heavy atom. The number of rotatable bonds is 3. The molecule has 0 saturated heterocycles. The van der Waals surface area contributed by atoms with E-state index in [1.165, 1.54) is 0 Å². The van der Waals surface area contributed by atoms with Crippen molar-refractivity contribution in [1.29, 1.82) is 0 Å². The van der Waals surface area contributed by atoms with Crippen LogP contribution in [-0.4, -0.2) is 18.3 Å². The highest BCUT2D eigenvalue weighted by molar-refractivity contribution is 5.48. The molecule has 2 nitrogen and oxygen atoms in total. The maximum atomic E-state index is 13.2. The third kappa shape index (κ3) is 2.42. The Kier molecular flexibility index (Phi) is 3.25. The molecule has 1 rings (SSSR count). The molecule has 0 aliphatic carbocycles. The summed E-state index contributed by atoms with van der Waals surface area (Å²) in [6.07, 6.45) is 0. The van der Waals surface area contributed by atoms with Crippen LogP contribution in [-0.2, 0) is 0 Å². The van der Waals surface area contributed by atoms with Crippen molar-refractivity contribution in [2.45, 2.75) is 13.8 Å². The number of hydrogen-bond acceptors (Lipinski definition) is 2. The highest BCUT2D eigenvalue weighted by atomic mass is 19.1. The average Bonchev–Trinajstić information content (AvgIpc) is 2.10. The SMILES string of the molecule is Cc1cc(NCCO)cc(C)c1F. The third-order valence-corrected chi connectivity index (χ3v) is 1.88. The summed E-state index contributed by atoms with van der Waals surface area (Å²) >= 11 is 0. The van der Waals surface area contributed by atoms with Gasteiger partial charge in [-0.05, 0) is 37.1 Å². The molecule has 0 fully saturated rings. The molecule has 3 heteroatoms. The fraction of sp³-hybridized carbons (Fsp3) is 0.400. The zero-order valence-electron chi connectivity index (χ0n) is 7.89. The zero-order chi connectivity index (χ0) is 9.84. The minimum Gasteiger partial charge on any atom is -0.395 e. The van der Waals surface area contributed by atoms with E-state index < -0.39 is 0 Å². The summed E-state index contributed by atoms with van der Waals surface area (Å²) in [6, 6.07) is 3.47. The van der Waals surface area contributed by atoms with Crippen LogP contribution in [0.2, 0.25) is 0 Å². The Bertz CT molecular complexity index is 276. The normalized spacial score (nSPS) is 10.2. The first-order valence-electron chi connectivity index (χ1n) is 4.26. The van der Waals surface area contributed by atoms with Crippen molar-refractivity contribution in [3.05, 3.63) is 29.1 Å². The number of aliphatic hydroxyl groups excluding tert-OH is 1. The van der Waals surface area contributed by atoms with Crippen molar-refractivity contribution < 1.29 is 9.50 Å². The Hall–Kier alpha value is -1.09. The van der Waals surface area contributed by atoms with Gasteiger partial charge in [-0.1, -0.05) is 0 Å². The van der Waals surface area contributed by atoms with E-state index in [-0.39, 0.29) is 12.4 Å². The monoisotopic (exact) mass is 183 g/mol. The Morgan fingerprint density at radius 2 is 1.85 bits per heavy atom. The number of halogens is 1. The van der Waals surface area contributed by atoms with Gasteiger partial charge in [0, 0.05) is 12.2 Å². The minimum absolute atomic E-state index is 0.0788. The highest BCUT2D eigenvalue weighted by Gasteiger charge is 2.02. The van der Waals surface area contributed by atoms with Crippen molar-refractivity contribution in [2.24, 2.45) is 0 Å². The van der Waals surface area contributed by atoms with Crippen molar-refractivity contribution in [3.63, 3.8) is 0 Å². The van der Waals surface area contributed by atoms with Crippen LogP contribution in [0.25, 0.3) is 0 Å². The summed E-state index contributed by atoms with van der Waals surface area (Å²) in [6.45, 7) is 4.03. The van der Waals surface area contributed by atoms with E-state index in [0.717, 1.165) is 5.69 Å². The number of aliphatic hydroxyl groups is 1. The molecule has 1 aromatic rings. The smallest absolute Gasteiger partial charge is 0.129 e. The van der Waals surface area contributed by atoms with E-state index in [1.54, 1.807) is 26.0 Å². The van der Waals surface area contributed by atoms with Gasteiger partial charge in [-0.3, -0.25) is 0 Å². The van der Waals surface area contributed by atoms with Gasteiger partial charge in [0.25, 0.3) is 0 Å². The molecular formula is C10H14FNO. The number of benzene rings is 1. The van der Waals surface area contributed by atoms with Gasteiger partial charge in [0.2, 0.25) is 0 Å². The van der Waals surface area contributed by atoms with E-state index in [9.17, 15) is 4.39 Å². The Balaban J connectivity index is 2.86. The first-order valence-corrected chi connectivity index (χ1v) is 4.26. The van der Waals surface area contributed by atoms with Crippen LogP contribution in [0, 0.1) is 19.7 Å². The first kappa shape index (κ1) is 9.99. The second-order valence-electron chi connectivity index (χ2n) is 3.07. The molecule has 13 heavy (non-hydrogen) atoms. The van der Waals surface area contributed by atoms with Gasteiger partial charge < -0.3 is 10.4 Å². The molecule has 0 atom stereocenters. The second kappa shape index (κ2) is 4.23. The van der Waals surface area contributed by atoms with Crippen molar-refractivity contribution >= 4 is 5.69 Å². The number of anilines is 1. The molecule has 0 unspecified atom stereocenters. The summed E-state index contributed by atoms with van der Waals surface area (Å²) in [5.41, 5.74) is 2.10.